The average Bonchev–Trinajstić information content (AvgIpc) is 2.96. The maximum Gasteiger partial charge on any atom is 0.0206 e. The van der Waals surface area contributed by atoms with Crippen molar-refractivity contribution >= 4 is 0 Å². The maximum atomic E-state index is 6.33. The molecule has 0 spiro atoms. The zero-order valence-corrected chi connectivity index (χ0v) is 11.5. The van der Waals surface area contributed by atoms with Crippen LogP contribution in [0.2, 0.25) is 0 Å². The zero-order chi connectivity index (χ0) is 12.3. The van der Waals surface area contributed by atoms with Crippen LogP contribution in [0, 0.1) is 5.92 Å². The highest BCUT2D eigenvalue weighted by Gasteiger charge is 2.28. The Balaban J connectivity index is 1.67. The first kappa shape index (κ1) is 13.3. The second-order valence-corrected chi connectivity index (χ2v) is 6.19. The van der Waals surface area contributed by atoms with Gasteiger partial charge in [-0.3, -0.25) is 0 Å². The summed E-state index contributed by atoms with van der Waals surface area (Å²) >= 11 is 0. The van der Waals surface area contributed by atoms with Gasteiger partial charge in [0.25, 0.3) is 0 Å². The molecule has 3 nitrogen and oxygen atoms in total. The van der Waals surface area contributed by atoms with Crippen LogP contribution in [0.15, 0.2) is 0 Å². The number of hydrogen-bond acceptors (Lipinski definition) is 3. The first-order valence-corrected chi connectivity index (χ1v) is 7.40. The number of nitrogens with two attached hydrogens (primary N) is 1. The van der Waals surface area contributed by atoms with Crippen LogP contribution in [-0.4, -0.2) is 42.7 Å². The Kier molecular flexibility index (Phi) is 4.83. The number of likely N-dealkylation sites (tertiary alicyclic amines) is 1. The Labute approximate surface area is 106 Å². The molecule has 100 valence electrons. The summed E-state index contributed by atoms with van der Waals surface area (Å²) in [6.07, 6.45) is 6.80. The van der Waals surface area contributed by atoms with Gasteiger partial charge >= 0.3 is 0 Å². The lowest BCUT2D eigenvalue weighted by Crippen LogP contribution is -2.44. The number of nitrogens with zero attached hydrogens (tertiary/aromatic N) is 1. The van der Waals surface area contributed by atoms with Crippen LogP contribution in [0.4, 0.5) is 0 Å². The molecule has 1 heterocycles. The van der Waals surface area contributed by atoms with E-state index in [-0.39, 0.29) is 0 Å². The van der Waals surface area contributed by atoms with E-state index in [1.165, 1.54) is 45.2 Å². The molecule has 2 rings (SSSR count). The first-order chi connectivity index (χ1) is 8.16. The molecule has 1 saturated heterocycles. The van der Waals surface area contributed by atoms with Crippen LogP contribution >= 0.6 is 0 Å². The molecule has 17 heavy (non-hydrogen) atoms. The van der Waals surface area contributed by atoms with Gasteiger partial charge in [0.15, 0.2) is 0 Å². The summed E-state index contributed by atoms with van der Waals surface area (Å²) in [4.78, 5) is 2.56. The van der Waals surface area contributed by atoms with Gasteiger partial charge in [-0.05, 0) is 45.6 Å². The number of rotatable bonds is 5. The highest BCUT2D eigenvalue weighted by molar-refractivity contribution is 4.86. The predicted molar refractivity (Wildman–Crippen MR) is 73.1 cm³/mol. The summed E-state index contributed by atoms with van der Waals surface area (Å²) in [6, 6.07) is 1.78. The summed E-state index contributed by atoms with van der Waals surface area (Å²) in [6.45, 7) is 8.02. The standard InChI is InChI=1S/C14H29N3/c1-11(2)17-8-7-12(10-17)14(15)9-16-13-5-3-4-6-13/h11-14,16H,3-10,15H2,1-2H3. The SMILES string of the molecule is CC(C)N1CCC(C(N)CNC2CCCC2)C1. The summed E-state index contributed by atoms with van der Waals surface area (Å²) in [5.74, 6) is 0.700. The van der Waals surface area contributed by atoms with Crippen molar-refractivity contribution in [3.63, 3.8) is 0 Å². The molecule has 1 aliphatic carbocycles. The molecule has 2 aliphatic rings. The lowest BCUT2D eigenvalue weighted by atomic mass is 9.99. The minimum absolute atomic E-state index is 0.347. The molecule has 2 atom stereocenters. The van der Waals surface area contributed by atoms with Gasteiger partial charge in [0.05, 0.1) is 0 Å². The van der Waals surface area contributed by atoms with Crippen molar-refractivity contribution in [1.29, 1.82) is 0 Å². The summed E-state index contributed by atoms with van der Waals surface area (Å²) in [5.41, 5.74) is 6.33. The third-order valence-electron chi connectivity index (χ3n) is 4.59. The Bertz CT molecular complexity index is 224. The Morgan fingerprint density at radius 2 is 1.94 bits per heavy atom. The van der Waals surface area contributed by atoms with Crippen LogP contribution in [0.1, 0.15) is 46.0 Å². The van der Waals surface area contributed by atoms with Crippen molar-refractivity contribution in [1.82, 2.24) is 10.2 Å². The topological polar surface area (TPSA) is 41.3 Å². The molecule has 0 aromatic rings. The van der Waals surface area contributed by atoms with E-state index in [4.69, 9.17) is 5.73 Å². The fourth-order valence-electron chi connectivity index (χ4n) is 3.23. The first-order valence-electron chi connectivity index (χ1n) is 7.40. The molecule has 0 aromatic heterocycles. The minimum atomic E-state index is 0.347. The van der Waals surface area contributed by atoms with E-state index < -0.39 is 0 Å². The van der Waals surface area contributed by atoms with E-state index in [2.05, 4.69) is 24.1 Å². The van der Waals surface area contributed by atoms with Crippen molar-refractivity contribution in [2.45, 2.75) is 64.1 Å². The van der Waals surface area contributed by atoms with E-state index in [0.29, 0.717) is 18.0 Å². The van der Waals surface area contributed by atoms with E-state index in [1.807, 2.05) is 0 Å². The van der Waals surface area contributed by atoms with Gasteiger partial charge in [-0.15, -0.1) is 0 Å². The molecule has 2 unspecified atom stereocenters. The van der Waals surface area contributed by atoms with Gasteiger partial charge in [0, 0.05) is 31.2 Å². The second-order valence-electron chi connectivity index (χ2n) is 6.19. The van der Waals surface area contributed by atoms with Gasteiger partial charge in [-0.25, -0.2) is 0 Å². The van der Waals surface area contributed by atoms with Gasteiger partial charge in [0.1, 0.15) is 0 Å². The van der Waals surface area contributed by atoms with Crippen molar-refractivity contribution in [2.75, 3.05) is 19.6 Å². The quantitative estimate of drug-likeness (QED) is 0.765. The molecule has 0 bridgehead atoms. The normalized spacial score (nSPS) is 29.3. The summed E-state index contributed by atoms with van der Waals surface area (Å²) in [7, 11) is 0. The Morgan fingerprint density at radius 3 is 2.53 bits per heavy atom. The molecule has 2 fully saturated rings. The second kappa shape index (κ2) is 6.17. The highest BCUT2D eigenvalue weighted by atomic mass is 15.2. The molecule has 3 N–H and O–H groups in total. The third kappa shape index (κ3) is 3.67. The van der Waals surface area contributed by atoms with Crippen molar-refractivity contribution in [3.8, 4) is 0 Å². The van der Waals surface area contributed by atoms with Crippen LogP contribution in [0.25, 0.3) is 0 Å². The van der Waals surface area contributed by atoms with Gasteiger partial charge in [-0.2, -0.15) is 0 Å². The lowest BCUT2D eigenvalue weighted by molar-refractivity contribution is 0.256. The van der Waals surface area contributed by atoms with Crippen molar-refractivity contribution in [2.24, 2.45) is 11.7 Å². The molecular weight excluding hydrogens is 210 g/mol. The van der Waals surface area contributed by atoms with Crippen molar-refractivity contribution in [3.05, 3.63) is 0 Å². The van der Waals surface area contributed by atoms with Crippen LogP contribution < -0.4 is 11.1 Å². The largest absolute Gasteiger partial charge is 0.326 e. The summed E-state index contributed by atoms with van der Waals surface area (Å²) in [5, 5.41) is 3.66. The molecule has 1 aliphatic heterocycles. The molecule has 0 amide bonds. The summed E-state index contributed by atoms with van der Waals surface area (Å²) < 4.78 is 0. The zero-order valence-electron chi connectivity index (χ0n) is 11.5. The molecular formula is C14H29N3. The monoisotopic (exact) mass is 239 g/mol. The van der Waals surface area contributed by atoms with E-state index in [1.54, 1.807) is 0 Å². The lowest BCUT2D eigenvalue weighted by Gasteiger charge is -2.24. The Morgan fingerprint density at radius 1 is 1.24 bits per heavy atom. The van der Waals surface area contributed by atoms with Gasteiger partial charge < -0.3 is 16.0 Å². The molecule has 0 radical (unpaired) electrons. The third-order valence-corrected chi connectivity index (χ3v) is 4.59. The number of nitrogens with one attached hydrogen (secondary N) is 1. The van der Waals surface area contributed by atoms with Crippen LogP contribution in [0.3, 0.4) is 0 Å². The van der Waals surface area contributed by atoms with Gasteiger partial charge in [0.2, 0.25) is 0 Å². The van der Waals surface area contributed by atoms with Crippen LogP contribution in [0.5, 0.6) is 0 Å². The number of hydrogen-bond donors (Lipinski definition) is 2. The predicted octanol–water partition coefficient (Wildman–Crippen LogP) is 1.58. The fourth-order valence-corrected chi connectivity index (χ4v) is 3.23. The molecule has 0 aromatic carbocycles. The average molecular weight is 239 g/mol. The van der Waals surface area contributed by atoms with Crippen LogP contribution in [-0.2, 0) is 0 Å². The highest BCUT2D eigenvalue weighted by Crippen LogP contribution is 2.21. The van der Waals surface area contributed by atoms with E-state index in [9.17, 15) is 0 Å². The fraction of sp³-hybridized carbons (Fsp3) is 1.00. The smallest absolute Gasteiger partial charge is 0.0206 e. The van der Waals surface area contributed by atoms with Gasteiger partial charge in [-0.1, -0.05) is 12.8 Å². The van der Waals surface area contributed by atoms with E-state index in [0.717, 1.165) is 12.6 Å². The van der Waals surface area contributed by atoms with E-state index >= 15 is 0 Å². The Hall–Kier alpha value is -0.120. The maximum absolute atomic E-state index is 6.33. The molecule has 3 heteroatoms. The van der Waals surface area contributed by atoms with Crippen molar-refractivity contribution < 1.29 is 0 Å². The minimum Gasteiger partial charge on any atom is -0.326 e. The molecule has 1 saturated carbocycles.